The Balaban J connectivity index is 1.59. The molecule has 4 aromatic rings. The van der Waals surface area contributed by atoms with E-state index >= 15 is 0 Å². The van der Waals surface area contributed by atoms with Crippen LogP contribution in [0.15, 0.2) is 73.3 Å². The fraction of sp³-hybridized carbons (Fsp3) is 0.0952. The maximum Gasteiger partial charge on any atom is 0.213 e. The largest absolute Gasteiger partial charge is 0.389 e. The van der Waals surface area contributed by atoms with Crippen molar-refractivity contribution >= 4 is 34.7 Å². The van der Waals surface area contributed by atoms with Crippen LogP contribution in [-0.4, -0.2) is 24.6 Å². The molecule has 0 aliphatic rings. The van der Waals surface area contributed by atoms with Gasteiger partial charge in [-0.3, -0.25) is 4.57 Å². The van der Waals surface area contributed by atoms with Crippen molar-refractivity contribution in [3.63, 3.8) is 0 Å². The number of nitrogens with zero attached hydrogens (tertiary/aromatic N) is 4. The van der Waals surface area contributed by atoms with E-state index in [1.54, 1.807) is 19.3 Å². The third kappa shape index (κ3) is 4.37. The van der Waals surface area contributed by atoms with Crippen LogP contribution in [0.25, 0.3) is 5.82 Å². The molecule has 1 atom stereocenters. The van der Waals surface area contributed by atoms with Crippen LogP contribution in [0.4, 0.5) is 23.1 Å². The van der Waals surface area contributed by atoms with E-state index in [0.717, 1.165) is 16.9 Å². The Bertz CT molecular complexity index is 1130. The maximum absolute atomic E-state index is 9.77. The van der Waals surface area contributed by atoms with Gasteiger partial charge in [0.25, 0.3) is 0 Å². The van der Waals surface area contributed by atoms with Crippen LogP contribution in [0.1, 0.15) is 18.6 Å². The number of halogens is 1. The van der Waals surface area contributed by atoms with Gasteiger partial charge in [-0.15, -0.1) is 0 Å². The zero-order chi connectivity index (χ0) is 20.2. The molecule has 7 nitrogen and oxygen atoms in total. The summed E-state index contributed by atoms with van der Waals surface area (Å²) in [4.78, 5) is 13.0. The van der Waals surface area contributed by atoms with E-state index in [1.165, 1.54) is 6.33 Å². The first-order valence-electron chi connectivity index (χ1n) is 9.02. The summed E-state index contributed by atoms with van der Waals surface area (Å²) in [6.45, 7) is 1.73. The zero-order valence-corrected chi connectivity index (χ0v) is 16.4. The van der Waals surface area contributed by atoms with E-state index in [9.17, 15) is 5.11 Å². The second-order valence-electron chi connectivity index (χ2n) is 6.41. The third-order valence-corrected chi connectivity index (χ3v) is 4.63. The van der Waals surface area contributed by atoms with Gasteiger partial charge in [0.1, 0.15) is 18.0 Å². The number of para-hydroxylation sites is 1. The van der Waals surface area contributed by atoms with Crippen molar-refractivity contribution < 1.29 is 5.11 Å². The minimum absolute atomic E-state index is 0.540. The number of imidazole rings is 1. The van der Waals surface area contributed by atoms with Crippen molar-refractivity contribution in [2.75, 3.05) is 10.6 Å². The second kappa shape index (κ2) is 8.30. The number of anilines is 4. The second-order valence-corrected chi connectivity index (χ2v) is 6.82. The molecule has 3 N–H and O–H groups in total. The van der Waals surface area contributed by atoms with Gasteiger partial charge in [-0.25, -0.2) is 15.0 Å². The highest BCUT2D eigenvalue weighted by atomic mass is 35.5. The monoisotopic (exact) mass is 406 g/mol. The predicted octanol–water partition coefficient (Wildman–Crippen LogP) is 4.86. The summed E-state index contributed by atoms with van der Waals surface area (Å²) < 4.78 is 1.81. The zero-order valence-electron chi connectivity index (χ0n) is 15.6. The maximum atomic E-state index is 9.77. The number of aliphatic hydroxyl groups is 1. The first-order valence-corrected chi connectivity index (χ1v) is 9.40. The van der Waals surface area contributed by atoms with Gasteiger partial charge >= 0.3 is 0 Å². The molecular formula is C21H19ClN6O. The molecule has 0 spiro atoms. The number of aromatic nitrogens is 4. The van der Waals surface area contributed by atoms with Gasteiger partial charge < -0.3 is 15.7 Å². The lowest BCUT2D eigenvalue weighted by Gasteiger charge is -2.12. The first-order chi connectivity index (χ1) is 14.1. The lowest BCUT2D eigenvalue weighted by molar-refractivity contribution is 0.199. The molecular weight excluding hydrogens is 388 g/mol. The van der Waals surface area contributed by atoms with Gasteiger partial charge in [-0.1, -0.05) is 35.9 Å². The van der Waals surface area contributed by atoms with Crippen LogP contribution >= 0.6 is 11.6 Å². The van der Waals surface area contributed by atoms with E-state index in [1.807, 2.05) is 59.2 Å². The molecule has 0 aliphatic heterocycles. The standard InChI is InChI=1S/C21H19ClN6O/c1-14(29)15-5-4-6-16(11-15)26-19-12-20(25-13-24-19)28-10-9-23-21(28)27-18-8-3-2-7-17(18)22/h2-14,29H,1H3,(H,23,27)(H,24,25,26). The summed E-state index contributed by atoms with van der Waals surface area (Å²) in [6.07, 6.45) is 4.43. The van der Waals surface area contributed by atoms with Crippen LogP contribution in [0.5, 0.6) is 0 Å². The lowest BCUT2D eigenvalue weighted by Crippen LogP contribution is -2.05. The summed E-state index contributed by atoms with van der Waals surface area (Å²) in [7, 11) is 0. The summed E-state index contributed by atoms with van der Waals surface area (Å²) in [5.41, 5.74) is 2.40. The molecule has 0 fully saturated rings. The van der Waals surface area contributed by atoms with Crippen LogP contribution in [0, 0.1) is 0 Å². The lowest BCUT2D eigenvalue weighted by atomic mass is 10.1. The first kappa shape index (κ1) is 18.9. The van der Waals surface area contributed by atoms with E-state index in [4.69, 9.17) is 11.6 Å². The van der Waals surface area contributed by atoms with Crippen LogP contribution in [0.2, 0.25) is 5.02 Å². The summed E-state index contributed by atoms with van der Waals surface area (Å²) in [6, 6.07) is 16.8. The molecule has 2 heterocycles. The van der Waals surface area contributed by atoms with E-state index in [0.29, 0.717) is 22.6 Å². The molecule has 0 saturated carbocycles. The number of hydrogen-bond donors (Lipinski definition) is 3. The number of rotatable bonds is 6. The fourth-order valence-corrected chi connectivity index (χ4v) is 3.02. The summed E-state index contributed by atoms with van der Waals surface area (Å²) in [5, 5.41) is 16.8. The van der Waals surface area contributed by atoms with Gasteiger partial charge in [0.2, 0.25) is 5.95 Å². The van der Waals surface area contributed by atoms with Gasteiger partial charge in [-0.05, 0) is 36.8 Å². The minimum atomic E-state index is -0.540. The number of aliphatic hydroxyl groups excluding tert-OH is 1. The Morgan fingerprint density at radius 3 is 2.69 bits per heavy atom. The van der Waals surface area contributed by atoms with Crippen LogP contribution < -0.4 is 10.6 Å². The topological polar surface area (TPSA) is 87.9 Å². The van der Waals surface area contributed by atoms with Crippen LogP contribution in [0.3, 0.4) is 0 Å². The Hall–Kier alpha value is -3.42. The van der Waals surface area contributed by atoms with Crippen LogP contribution in [-0.2, 0) is 0 Å². The molecule has 2 aromatic heterocycles. The quantitative estimate of drug-likeness (QED) is 0.424. The van der Waals surface area contributed by atoms with Crippen molar-refractivity contribution in [2.24, 2.45) is 0 Å². The predicted molar refractivity (Wildman–Crippen MR) is 114 cm³/mol. The van der Waals surface area contributed by atoms with Gasteiger partial charge in [0.05, 0.1) is 16.8 Å². The molecule has 29 heavy (non-hydrogen) atoms. The Labute approximate surface area is 173 Å². The SMILES string of the molecule is CC(O)c1cccc(Nc2cc(-n3ccnc3Nc3ccccc3Cl)ncn2)c1. The van der Waals surface area contributed by atoms with Gasteiger partial charge in [0, 0.05) is 24.1 Å². The Kier molecular flexibility index (Phi) is 5.41. The fourth-order valence-electron chi connectivity index (χ4n) is 2.84. The normalized spacial score (nSPS) is 11.8. The highest BCUT2D eigenvalue weighted by Crippen LogP contribution is 2.26. The summed E-state index contributed by atoms with van der Waals surface area (Å²) >= 11 is 6.24. The van der Waals surface area contributed by atoms with E-state index in [2.05, 4.69) is 25.6 Å². The van der Waals surface area contributed by atoms with Crippen molar-refractivity contribution in [3.8, 4) is 5.82 Å². The highest BCUT2D eigenvalue weighted by Gasteiger charge is 2.10. The smallest absolute Gasteiger partial charge is 0.213 e. The molecule has 0 saturated heterocycles. The van der Waals surface area contributed by atoms with Gasteiger partial charge in [0.15, 0.2) is 0 Å². The highest BCUT2D eigenvalue weighted by molar-refractivity contribution is 6.33. The van der Waals surface area contributed by atoms with Gasteiger partial charge in [-0.2, -0.15) is 0 Å². The van der Waals surface area contributed by atoms with E-state index in [-0.39, 0.29) is 0 Å². The summed E-state index contributed by atoms with van der Waals surface area (Å²) in [5.74, 6) is 1.84. The van der Waals surface area contributed by atoms with Crippen molar-refractivity contribution in [1.29, 1.82) is 0 Å². The molecule has 8 heteroatoms. The van der Waals surface area contributed by atoms with Crippen molar-refractivity contribution in [3.05, 3.63) is 83.9 Å². The molecule has 0 aliphatic carbocycles. The molecule has 2 aromatic carbocycles. The number of hydrogen-bond acceptors (Lipinski definition) is 6. The number of benzene rings is 2. The molecule has 146 valence electrons. The Morgan fingerprint density at radius 2 is 1.86 bits per heavy atom. The minimum Gasteiger partial charge on any atom is -0.389 e. The average molecular weight is 407 g/mol. The third-order valence-electron chi connectivity index (χ3n) is 4.30. The van der Waals surface area contributed by atoms with Crippen molar-refractivity contribution in [2.45, 2.75) is 13.0 Å². The number of nitrogens with one attached hydrogen (secondary N) is 2. The molecule has 0 bridgehead atoms. The Morgan fingerprint density at radius 1 is 1.00 bits per heavy atom. The molecule has 4 rings (SSSR count). The average Bonchev–Trinajstić information content (AvgIpc) is 3.18. The molecule has 0 amide bonds. The molecule has 0 radical (unpaired) electrons. The van der Waals surface area contributed by atoms with E-state index < -0.39 is 6.10 Å². The molecule has 1 unspecified atom stereocenters. The van der Waals surface area contributed by atoms with Crippen molar-refractivity contribution in [1.82, 2.24) is 19.5 Å².